The van der Waals surface area contributed by atoms with E-state index >= 15 is 0 Å². The van der Waals surface area contributed by atoms with E-state index in [0.717, 1.165) is 5.56 Å². The molecule has 0 aliphatic rings. The molecule has 14 heavy (non-hydrogen) atoms. The Morgan fingerprint density at radius 3 is 2.57 bits per heavy atom. The maximum absolute atomic E-state index is 12.3. The first-order chi connectivity index (χ1) is 6.56. The molecule has 6 heteroatoms. The van der Waals surface area contributed by atoms with E-state index in [-0.39, 0.29) is 12.1 Å². The average molecular weight is 420 g/mol. The van der Waals surface area contributed by atoms with Crippen LogP contribution in [0.15, 0.2) is 6.07 Å². The van der Waals surface area contributed by atoms with E-state index in [4.69, 9.17) is 5.26 Å². The first-order valence-electron chi connectivity index (χ1n) is 3.56. The van der Waals surface area contributed by atoms with Crippen molar-refractivity contribution in [1.82, 2.24) is 4.98 Å². The largest absolute Gasteiger partial charge is 0.280 e. The molecule has 0 aromatic carbocycles. The molecule has 1 heterocycles. The van der Waals surface area contributed by atoms with Crippen molar-refractivity contribution in [3.8, 4) is 6.07 Å². The Balaban J connectivity index is 3.19. The van der Waals surface area contributed by atoms with Crippen LogP contribution in [0.5, 0.6) is 0 Å². The quantitative estimate of drug-likeness (QED) is 0.544. The molecule has 0 aliphatic heterocycles. The van der Waals surface area contributed by atoms with Crippen LogP contribution in [0.3, 0.4) is 0 Å². The Bertz CT molecular complexity index is 364. The zero-order valence-corrected chi connectivity index (χ0v) is 11.1. The molecule has 0 N–H and O–H groups in total. The monoisotopic (exact) mass is 420 g/mol. The maximum atomic E-state index is 12.3. The van der Waals surface area contributed by atoms with E-state index in [0.29, 0.717) is 7.27 Å². The van der Waals surface area contributed by atoms with E-state index in [2.05, 4.69) is 4.98 Å². The van der Waals surface area contributed by atoms with Gasteiger partial charge < -0.3 is 0 Å². The van der Waals surface area contributed by atoms with Gasteiger partial charge in [0.05, 0.1) is 12.5 Å². The van der Waals surface area contributed by atoms with Gasteiger partial charge in [0, 0.05) is 9.13 Å². The molecule has 0 unspecified atom stereocenters. The fourth-order valence-corrected chi connectivity index (χ4v) is 2.92. The molecule has 1 rings (SSSR count). The van der Waals surface area contributed by atoms with Gasteiger partial charge in [0.2, 0.25) is 0 Å². The maximum Gasteiger partial charge on any atom is 0.280 e. The molecule has 74 valence electrons. The van der Waals surface area contributed by atoms with E-state index < -0.39 is 6.43 Å². The minimum Gasteiger partial charge on any atom is -0.240 e. The molecular formula is C8H4F2I2N2. The molecule has 0 amide bonds. The van der Waals surface area contributed by atoms with Gasteiger partial charge in [-0.3, -0.25) is 0 Å². The Labute approximate surface area is 107 Å². The first-order valence-corrected chi connectivity index (χ1v) is 5.72. The highest BCUT2D eigenvalue weighted by Gasteiger charge is 2.14. The van der Waals surface area contributed by atoms with Crippen molar-refractivity contribution >= 4 is 45.2 Å². The van der Waals surface area contributed by atoms with Crippen molar-refractivity contribution in [1.29, 1.82) is 5.26 Å². The third kappa shape index (κ3) is 2.73. The molecule has 0 radical (unpaired) electrons. The van der Waals surface area contributed by atoms with Crippen LogP contribution in [0.2, 0.25) is 0 Å². The van der Waals surface area contributed by atoms with Crippen molar-refractivity contribution in [2.75, 3.05) is 0 Å². The Hall–Kier alpha value is -0.0400. The van der Waals surface area contributed by atoms with Crippen LogP contribution in [-0.4, -0.2) is 4.98 Å². The summed E-state index contributed by atoms with van der Waals surface area (Å²) in [5, 5.41) is 8.51. The number of halogens is 4. The topological polar surface area (TPSA) is 36.7 Å². The van der Waals surface area contributed by atoms with E-state index in [1.807, 2.05) is 51.3 Å². The van der Waals surface area contributed by atoms with Crippen LogP contribution in [0.1, 0.15) is 17.7 Å². The Morgan fingerprint density at radius 2 is 2.14 bits per heavy atom. The molecule has 0 spiro atoms. The zero-order chi connectivity index (χ0) is 10.7. The predicted molar refractivity (Wildman–Crippen MR) is 63.9 cm³/mol. The van der Waals surface area contributed by atoms with Crippen LogP contribution >= 0.6 is 45.2 Å². The molecule has 2 nitrogen and oxygen atoms in total. The third-order valence-electron chi connectivity index (χ3n) is 1.52. The summed E-state index contributed by atoms with van der Waals surface area (Å²) in [4.78, 5) is 3.73. The van der Waals surface area contributed by atoms with Crippen LogP contribution in [-0.2, 0) is 6.42 Å². The minimum atomic E-state index is -2.56. The number of rotatable bonds is 2. The molecule has 0 fully saturated rings. The van der Waals surface area contributed by atoms with Gasteiger partial charge in [-0.25, -0.2) is 13.8 Å². The van der Waals surface area contributed by atoms with Crippen LogP contribution in [0.4, 0.5) is 8.78 Å². The highest BCUT2D eigenvalue weighted by molar-refractivity contribution is 14.1. The smallest absolute Gasteiger partial charge is 0.240 e. The summed E-state index contributed by atoms with van der Waals surface area (Å²) in [6, 6.07) is 3.30. The molecule has 1 aromatic heterocycles. The van der Waals surface area contributed by atoms with Crippen LogP contribution in [0, 0.1) is 18.6 Å². The van der Waals surface area contributed by atoms with Crippen LogP contribution < -0.4 is 0 Å². The summed E-state index contributed by atoms with van der Waals surface area (Å²) in [6.45, 7) is 0. The number of pyridine rings is 1. The lowest BCUT2D eigenvalue weighted by Gasteiger charge is -2.06. The van der Waals surface area contributed by atoms with Gasteiger partial charge in [-0.1, -0.05) is 0 Å². The molecule has 0 saturated heterocycles. The second kappa shape index (κ2) is 5.16. The standard InChI is InChI=1S/C8H4F2I2N2/c9-7(10)6-3-5(11)4(1-2-13)8(12)14-6/h3,7H,1H2. The SMILES string of the molecule is N#CCc1c(I)cc(C(F)F)nc1I. The summed E-state index contributed by atoms with van der Waals surface area (Å²) >= 11 is 3.81. The van der Waals surface area contributed by atoms with Gasteiger partial charge in [-0.05, 0) is 51.2 Å². The predicted octanol–water partition coefficient (Wildman–Crippen LogP) is 3.29. The van der Waals surface area contributed by atoms with Crippen LogP contribution in [0.25, 0.3) is 0 Å². The molecule has 0 atom stereocenters. The number of aromatic nitrogens is 1. The molecule has 1 aromatic rings. The molecular weight excluding hydrogens is 416 g/mol. The summed E-state index contributed by atoms with van der Waals surface area (Å²) in [7, 11) is 0. The van der Waals surface area contributed by atoms with Gasteiger partial charge in [0.25, 0.3) is 6.43 Å². The van der Waals surface area contributed by atoms with E-state index in [1.165, 1.54) is 6.07 Å². The van der Waals surface area contributed by atoms with Crippen molar-refractivity contribution in [2.24, 2.45) is 0 Å². The van der Waals surface area contributed by atoms with Gasteiger partial charge in [-0.15, -0.1) is 0 Å². The summed E-state index contributed by atoms with van der Waals surface area (Å²) in [5.41, 5.74) is 0.485. The van der Waals surface area contributed by atoms with Crippen molar-refractivity contribution in [2.45, 2.75) is 12.8 Å². The molecule has 0 aliphatic carbocycles. The third-order valence-corrected chi connectivity index (χ3v) is 3.37. The highest BCUT2D eigenvalue weighted by Crippen LogP contribution is 2.24. The Morgan fingerprint density at radius 1 is 1.50 bits per heavy atom. The van der Waals surface area contributed by atoms with Gasteiger partial charge >= 0.3 is 0 Å². The lowest BCUT2D eigenvalue weighted by Crippen LogP contribution is -2.00. The number of nitriles is 1. The summed E-state index contributed by atoms with van der Waals surface area (Å²) in [6.07, 6.45) is -2.36. The van der Waals surface area contributed by atoms with Crippen molar-refractivity contribution in [3.05, 3.63) is 24.6 Å². The lowest BCUT2D eigenvalue weighted by atomic mass is 10.2. The van der Waals surface area contributed by atoms with Crippen molar-refractivity contribution < 1.29 is 8.78 Å². The highest BCUT2D eigenvalue weighted by atomic mass is 127. The number of alkyl halides is 2. The summed E-state index contributed by atoms with van der Waals surface area (Å²) < 4.78 is 25.8. The second-order valence-electron chi connectivity index (χ2n) is 2.43. The van der Waals surface area contributed by atoms with Crippen molar-refractivity contribution in [3.63, 3.8) is 0 Å². The number of hydrogen-bond donors (Lipinski definition) is 0. The fraction of sp³-hybridized carbons (Fsp3) is 0.250. The lowest BCUT2D eigenvalue weighted by molar-refractivity contribution is 0.145. The number of nitrogens with zero attached hydrogens (tertiary/aromatic N) is 2. The van der Waals surface area contributed by atoms with Gasteiger partial charge in [0.15, 0.2) is 0 Å². The average Bonchev–Trinajstić information content (AvgIpc) is 2.10. The fourth-order valence-electron chi connectivity index (χ4n) is 0.877. The number of hydrogen-bond acceptors (Lipinski definition) is 2. The second-order valence-corrected chi connectivity index (χ2v) is 4.62. The van der Waals surface area contributed by atoms with E-state index in [9.17, 15) is 8.78 Å². The van der Waals surface area contributed by atoms with E-state index in [1.54, 1.807) is 0 Å². The summed E-state index contributed by atoms with van der Waals surface area (Å²) in [5.74, 6) is 0. The molecule has 0 saturated carbocycles. The molecule has 0 bridgehead atoms. The normalized spacial score (nSPS) is 10.3. The Kier molecular flexibility index (Phi) is 4.43. The zero-order valence-electron chi connectivity index (χ0n) is 6.77. The first kappa shape index (κ1) is 12.0. The van der Waals surface area contributed by atoms with Gasteiger partial charge in [0.1, 0.15) is 9.39 Å². The van der Waals surface area contributed by atoms with Gasteiger partial charge in [-0.2, -0.15) is 5.26 Å². The minimum absolute atomic E-state index is 0.201.